The molecule has 3 heteroatoms. The number of hydrogen-bond acceptors (Lipinski definition) is 2. The van der Waals surface area contributed by atoms with Crippen LogP contribution in [0, 0.1) is 9.49 Å². The summed E-state index contributed by atoms with van der Waals surface area (Å²) in [5.74, 6) is 1.20. The topological polar surface area (TPSA) is 26.3 Å². The van der Waals surface area contributed by atoms with E-state index in [-0.39, 0.29) is 5.78 Å². The van der Waals surface area contributed by atoms with Crippen molar-refractivity contribution < 1.29 is 9.53 Å². The molecule has 1 rings (SSSR count). The molecular weight excluding hydrogens is 303 g/mol. The van der Waals surface area contributed by atoms with Crippen molar-refractivity contribution in [2.75, 3.05) is 7.11 Å². The zero-order valence-electron chi connectivity index (χ0n) is 9.21. The van der Waals surface area contributed by atoms with Gasteiger partial charge in [-0.05, 0) is 46.7 Å². The summed E-state index contributed by atoms with van der Waals surface area (Å²) in [7, 11) is 1.59. The molecule has 0 saturated heterocycles. The van der Waals surface area contributed by atoms with E-state index in [0.717, 1.165) is 3.57 Å². The van der Waals surface area contributed by atoms with E-state index < -0.39 is 0 Å². The minimum absolute atomic E-state index is 0.153. The Morgan fingerprint density at radius 3 is 2.67 bits per heavy atom. The molecule has 0 saturated carbocycles. The van der Waals surface area contributed by atoms with Crippen molar-refractivity contribution in [1.82, 2.24) is 0 Å². The van der Waals surface area contributed by atoms with E-state index in [1.165, 1.54) is 0 Å². The molecule has 1 aromatic rings. The van der Waals surface area contributed by atoms with Crippen molar-refractivity contribution in [3.8, 4) is 5.75 Å². The lowest BCUT2D eigenvalue weighted by atomic mass is 10.0. The monoisotopic (exact) mass is 318 g/mol. The van der Waals surface area contributed by atoms with Gasteiger partial charge in [-0.1, -0.05) is 13.8 Å². The second-order valence-corrected chi connectivity index (χ2v) is 5.11. The molecule has 0 aliphatic heterocycles. The first-order valence-electron chi connectivity index (χ1n) is 4.91. The van der Waals surface area contributed by atoms with Crippen LogP contribution in [0.4, 0.5) is 0 Å². The summed E-state index contributed by atoms with van der Waals surface area (Å²) >= 11 is 2.20. The van der Waals surface area contributed by atoms with E-state index in [4.69, 9.17) is 4.74 Å². The van der Waals surface area contributed by atoms with Gasteiger partial charge in [-0.25, -0.2) is 0 Å². The van der Waals surface area contributed by atoms with Crippen molar-refractivity contribution in [1.29, 1.82) is 0 Å². The zero-order chi connectivity index (χ0) is 11.4. The molecule has 0 amide bonds. The third kappa shape index (κ3) is 3.48. The second kappa shape index (κ2) is 5.49. The number of ether oxygens (including phenoxy) is 1. The molecule has 0 aromatic heterocycles. The fourth-order valence-electron chi connectivity index (χ4n) is 1.38. The highest BCUT2D eigenvalue weighted by Gasteiger charge is 2.13. The van der Waals surface area contributed by atoms with Gasteiger partial charge in [0.25, 0.3) is 0 Å². The largest absolute Gasteiger partial charge is 0.496 e. The molecule has 0 fully saturated rings. The Bertz CT molecular complexity index is 359. The molecule has 0 heterocycles. The third-order valence-electron chi connectivity index (χ3n) is 2.06. The Hall–Kier alpha value is -0.580. The normalized spacial score (nSPS) is 10.5. The molecule has 0 N–H and O–H groups in total. The zero-order valence-corrected chi connectivity index (χ0v) is 11.4. The number of ketones is 1. The minimum atomic E-state index is 0.153. The van der Waals surface area contributed by atoms with Crippen LogP contribution < -0.4 is 4.74 Å². The quantitative estimate of drug-likeness (QED) is 0.627. The van der Waals surface area contributed by atoms with Crippen LogP contribution in [0.5, 0.6) is 5.75 Å². The Kier molecular flexibility index (Phi) is 4.57. The minimum Gasteiger partial charge on any atom is -0.496 e. The average molecular weight is 318 g/mol. The Balaban J connectivity index is 3.00. The highest BCUT2D eigenvalue weighted by Crippen LogP contribution is 2.23. The molecule has 0 aliphatic carbocycles. The predicted octanol–water partition coefficient (Wildman–Crippen LogP) is 3.53. The van der Waals surface area contributed by atoms with Gasteiger partial charge < -0.3 is 4.74 Å². The summed E-state index contributed by atoms with van der Waals surface area (Å²) < 4.78 is 6.23. The predicted molar refractivity (Wildman–Crippen MR) is 69.5 cm³/mol. The van der Waals surface area contributed by atoms with Crippen LogP contribution in [0.15, 0.2) is 18.2 Å². The van der Waals surface area contributed by atoms with Crippen LogP contribution in [-0.4, -0.2) is 12.9 Å². The molecule has 82 valence electrons. The Morgan fingerprint density at radius 2 is 2.13 bits per heavy atom. The Labute approximate surface area is 104 Å². The van der Waals surface area contributed by atoms with Crippen LogP contribution in [0.25, 0.3) is 0 Å². The van der Waals surface area contributed by atoms with Gasteiger partial charge in [0.1, 0.15) is 5.75 Å². The van der Waals surface area contributed by atoms with Gasteiger partial charge in [-0.15, -0.1) is 0 Å². The molecular formula is C12H15IO2. The molecule has 0 radical (unpaired) electrons. The van der Waals surface area contributed by atoms with E-state index >= 15 is 0 Å². The number of methoxy groups -OCH3 is 1. The van der Waals surface area contributed by atoms with Gasteiger partial charge in [-0.2, -0.15) is 0 Å². The van der Waals surface area contributed by atoms with Crippen LogP contribution in [-0.2, 0) is 0 Å². The van der Waals surface area contributed by atoms with Crippen LogP contribution in [0.1, 0.15) is 30.6 Å². The first-order chi connectivity index (χ1) is 7.04. The van der Waals surface area contributed by atoms with Crippen molar-refractivity contribution >= 4 is 28.4 Å². The SMILES string of the molecule is COc1ccc(I)cc1C(=O)CC(C)C. The maximum atomic E-state index is 11.9. The highest BCUT2D eigenvalue weighted by atomic mass is 127. The Morgan fingerprint density at radius 1 is 1.47 bits per heavy atom. The van der Waals surface area contributed by atoms with E-state index in [1.54, 1.807) is 7.11 Å². The summed E-state index contributed by atoms with van der Waals surface area (Å²) in [5, 5.41) is 0. The second-order valence-electron chi connectivity index (χ2n) is 3.87. The van der Waals surface area contributed by atoms with Gasteiger partial charge in [0, 0.05) is 9.99 Å². The number of Topliss-reactive ketones (excluding diaryl/α,β-unsaturated/α-hetero) is 1. The van der Waals surface area contributed by atoms with E-state index in [2.05, 4.69) is 22.6 Å². The van der Waals surface area contributed by atoms with Crippen molar-refractivity contribution in [2.45, 2.75) is 20.3 Å². The molecule has 2 nitrogen and oxygen atoms in total. The molecule has 0 aliphatic rings. The number of benzene rings is 1. The third-order valence-corrected chi connectivity index (χ3v) is 2.73. The average Bonchev–Trinajstić information content (AvgIpc) is 2.16. The first kappa shape index (κ1) is 12.5. The molecule has 15 heavy (non-hydrogen) atoms. The fraction of sp³-hybridized carbons (Fsp3) is 0.417. The van der Waals surface area contributed by atoms with Crippen molar-refractivity contribution in [3.05, 3.63) is 27.3 Å². The van der Waals surface area contributed by atoms with Crippen LogP contribution in [0.3, 0.4) is 0 Å². The lowest BCUT2D eigenvalue weighted by Crippen LogP contribution is -2.06. The van der Waals surface area contributed by atoms with Crippen molar-refractivity contribution in [3.63, 3.8) is 0 Å². The lowest BCUT2D eigenvalue weighted by molar-refractivity contribution is 0.0965. The summed E-state index contributed by atoms with van der Waals surface area (Å²) in [6, 6.07) is 5.66. The molecule has 0 bridgehead atoms. The smallest absolute Gasteiger partial charge is 0.166 e. The molecule has 0 spiro atoms. The van der Waals surface area contributed by atoms with Crippen molar-refractivity contribution in [2.24, 2.45) is 5.92 Å². The first-order valence-corrected chi connectivity index (χ1v) is 5.99. The van der Waals surface area contributed by atoms with Crippen LogP contribution >= 0.6 is 22.6 Å². The number of halogens is 1. The van der Waals surface area contributed by atoms with Crippen LogP contribution in [0.2, 0.25) is 0 Å². The highest BCUT2D eigenvalue weighted by molar-refractivity contribution is 14.1. The lowest BCUT2D eigenvalue weighted by Gasteiger charge is -2.09. The van der Waals surface area contributed by atoms with Gasteiger partial charge in [0.2, 0.25) is 0 Å². The summed E-state index contributed by atoms with van der Waals surface area (Å²) in [6.07, 6.45) is 0.566. The van der Waals surface area contributed by atoms with E-state index in [0.29, 0.717) is 23.7 Å². The molecule has 0 unspecified atom stereocenters. The molecule has 1 aromatic carbocycles. The van der Waals surface area contributed by atoms with E-state index in [1.807, 2.05) is 32.0 Å². The number of carbonyl (C=O) groups is 1. The maximum Gasteiger partial charge on any atom is 0.166 e. The molecule has 0 atom stereocenters. The van der Waals surface area contributed by atoms with E-state index in [9.17, 15) is 4.79 Å². The number of rotatable bonds is 4. The number of hydrogen-bond donors (Lipinski definition) is 0. The number of carbonyl (C=O) groups excluding carboxylic acids is 1. The van der Waals surface area contributed by atoms with Gasteiger partial charge in [0.15, 0.2) is 5.78 Å². The summed E-state index contributed by atoms with van der Waals surface area (Å²) in [4.78, 5) is 11.9. The fourth-order valence-corrected chi connectivity index (χ4v) is 1.87. The summed E-state index contributed by atoms with van der Waals surface area (Å²) in [6.45, 7) is 4.08. The van der Waals surface area contributed by atoms with Gasteiger partial charge >= 0.3 is 0 Å². The summed E-state index contributed by atoms with van der Waals surface area (Å²) in [5.41, 5.74) is 0.693. The van der Waals surface area contributed by atoms with Gasteiger partial charge in [0.05, 0.1) is 12.7 Å². The standard InChI is InChI=1S/C12H15IO2/c1-8(2)6-11(14)10-7-9(13)4-5-12(10)15-3/h4-5,7-8H,6H2,1-3H3. The maximum absolute atomic E-state index is 11.9. The van der Waals surface area contributed by atoms with Gasteiger partial charge in [-0.3, -0.25) is 4.79 Å².